The average molecular weight is 329 g/mol. The Kier molecular flexibility index (Phi) is 7.17. The molecule has 0 atom stereocenters. The van der Waals surface area contributed by atoms with E-state index in [0.717, 1.165) is 10.0 Å². The Morgan fingerprint density at radius 2 is 1.95 bits per heavy atom. The number of nitrogens with one attached hydrogen (secondary N) is 2. The molecule has 0 radical (unpaired) electrons. The van der Waals surface area contributed by atoms with Crippen molar-refractivity contribution in [3.63, 3.8) is 0 Å². The van der Waals surface area contributed by atoms with E-state index in [2.05, 4.69) is 26.6 Å². The number of carbonyl (C=O) groups is 1. The molecule has 1 rings (SSSR count). The molecular formula is C13H17BrN2O3. The van der Waals surface area contributed by atoms with E-state index < -0.39 is 6.29 Å². The van der Waals surface area contributed by atoms with Gasteiger partial charge in [-0.3, -0.25) is 0 Å². The van der Waals surface area contributed by atoms with Gasteiger partial charge in [-0.05, 0) is 23.8 Å². The number of methoxy groups -OCH3 is 2. The van der Waals surface area contributed by atoms with E-state index in [1.807, 2.05) is 24.3 Å². The number of benzene rings is 1. The van der Waals surface area contributed by atoms with Crippen LogP contribution in [0.15, 0.2) is 34.9 Å². The van der Waals surface area contributed by atoms with Crippen molar-refractivity contribution in [2.45, 2.75) is 6.29 Å². The maximum atomic E-state index is 11.4. The predicted octanol–water partition coefficient (Wildman–Crippen LogP) is 2.34. The molecule has 0 fully saturated rings. The van der Waals surface area contributed by atoms with E-state index in [1.54, 1.807) is 12.3 Å². The standard InChI is InChI=1S/C13H17BrN2O3/c1-18-12(19-2)9-16-13(17)15-8-7-10-3-5-11(14)6-4-10/h3-8,12H,9H2,1-2H3,(H2,15,16,17)/b8-7+. The first-order valence-electron chi connectivity index (χ1n) is 5.67. The van der Waals surface area contributed by atoms with Crippen molar-refractivity contribution >= 4 is 28.0 Å². The van der Waals surface area contributed by atoms with Crippen LogP contribution < -0.4 is 10.6 Å². The van der Waals surface area contributed by atoms with Gasteiger partial charge in [-0.1, -0.05) is 28.1 Å². The zero-order valence-electron chi connectivity index (χ0n) is 10.9. The van der Waals surface area contributed by atoms with Gasteiger partial charge in [-0.15, -0.1) is 0 Å². The monoisotopic (exact) mass is 328 g/mol. The molecule has 2 N–H and O–H groups in total. The minimum Gasteiger partial charge on any atom is -0.354 e. The predicted molar refractivity (Wildman–Crippen MR) is 77.5 cm³/mol. The lowest BCUT2D eigenvalue weighted by Gasteiger charge is -2.13. The van der Waals surface area contributed by atoms with E-state index in [4.69, 9.17) is 9.47 Å². The number of amides is 2. The normalized spacial score (nSPS) is 10.9. The molecule has 2 amide bonds. The fourth-order valence-corrected chi connectivity index (χ4v) is 1.54. The molecule has 0 saturated carbocycles. The number of hydrogen-bond acceptors (Lipinski definition) is 3. The van der Waals surface area contributed by atoms with Crippen molar-refractivity contribution in [3.05, 3.63) is 40.5 Å². The lowest BCUT2D eigenvalue weighted by Crippen LogP contribution is -2.38. The van der Waals surface area contributed by atoms with Gasteiger partial charge in [0.15, 0.2) is 6.29 Å². The third-order valence-electron chi connectivity index (χ3n) is 2.32. The second kappa shape index (κ2) is 8.68. The molecule has 0 aliphatic carbocycles. The highest BCUT2D eigenvalue weighted by Gasteiger charge is 2.05. The summed E-state index contributed by atoms with van der Waals surface area (Å²) in [4.78, 5) is 11.4. The zero-order chi connectivity index (χ0) is 14.1. The third-order valence-corrected chi connectivity index (χ3v) is 2.84. The van der Waals surface area contributed by atoms with Gasteiger partial charge in [0.25, 0.3) is 0 Å². The SMILES string of the molecule is COC(CNC(=O)N/C=C/c1ccc(Br)cc1)OC. The summed E-state index contributed by atoms with van der Waals surface area (Å²) in [6.07, 6.45) is 2.93. The van der Waals surface area contributed by atoms with Crippen molar-refractivity contribution in [2.24, 2.45) is 0 Å². The van der Waals surface area contributed by atoms with Crippen molar-refractivity contribution in [2.75, 3.05) is 20.8 Å². The first-order valence-corrected chi connectivity index (χ1v) is 6.47. The van der Waals surface area contributed by atoms with E-state index in [9.17, 15) is 4.79 Å². The number of halogens is 1. The van der Waals surface area contributed by atoms with Crippen molar-refractivity contribution in [3.8, 4) is 0 Å². The van der Waals surface area contributed by atoms with E-state index >= 15 is 0 Å². The molecule has 0 unspecified atom stereocenters. The van der Waals surface area contributed by atoms with Crippen LogP contribution in [0.4, 0.5) is 4.79 Å². The Hall–Kier alpha value is -1.37. The molecule has 0 aromatic heterocycles. The third kappa shape index (κ3) is 6.37. The summed E-state index contributed by atoms with van der Waals surface area (Å²) < 4.78 is 10.9. The Morgan fingerprint density at radius 3 is 2.53 bits per heavy atom. The largest absolute Gasteiger partial charge is 0.354 e. The summed E-state index contributed by atoms with van der Waals surface area (Å²) in [5, 5.41) is 5.22. The maximum Gasteiger partial charge on any atom is 0.318 e. The molecule has 1 aromatic rings. The molecule has 104 valence electrons. The van der Waals surface area contributed by atoms with Crippen molar-refractivity contribution < 1.29 is 14.3 Å². The number of urea groups is 1. The molecule has 0 aliphatic heterocycles. The maximum absolute atomic E-state index is 11.4. The van der Waals surface area contributed by atoms with Crippen molar-refractivity contribution in [1.82, 2.24) is 10.6 Å². The summed E-state index contributed by atoms with van der Waals surface area (Å²) in [5.41, 5.74) is 0.996. The highest BCUT2D eigenvalue weighted by Crippen LogP contribution is 2.11. The number of rotatable bonds is 6. The second-order valence-electron chi connectivity index (χ2n) is 3.64. The highest BCUT2D eigenvalue weighted by molar-refractivity contribution is 9.10. The highest BCUT2D eigenvalue weighted by atomic mass is 79.9. The lowest BCUT2D eigenvalue weighted by atomic mass is 10.2. The Bertz CT molecular complexity index is 416. The van der Waals surface area contributed by atoms with Gasteiger partial charge in [-0.2, -0.15) is 0 Å². The molecule has 5 nitrogen and oxygen atoms in total. The average Bonchev–Trinajstić information content (AvgIpc) is 2.42. The lowest BCUT2D eigenvalue weighted by molar-refractivity contribution is -0.0971. The molecule has 0 spiro atoms. The summed E-state index contributed by atoms with van der Waals surface area (Å²) in [6, 6.07) is 7.42. The molecule has 0 bridgehead atoms. The molecule has 0 saturated heterocycles. The molecule has 1 aromatic carbocycles. The van der Waals surface area contributed by atoms with Gasteiger partial charge in [0.05, 0.1) is 6.54 Å². The molecule has 19 heavy (non-hydrogen) atoms. The van der Waals surface area contributed by atoms with Crippen LogP contribution in [0, 0.1) is 0 Å². The Morgan fingerprint density at radius 1 is 1.32 bits per heavy atom. The van der Waals surface area contributed by atoms with E-state index in [1.165, 1.54) is 14.2 Å². The fourth-order valence-electron chi connectivity index (χ4n) is 1.28. The second-order valence-corrected chi connectivity index (χ2v) is 4.56. The molecular weight excluding hydrogens is 312 g/mol. The Labute approximate surface area is 121 Å². The summed E-state index contributed by atoms with van der Waals surface area (Å²) in [7, 11) is 3.03. The van der Waals surface area contributed by atoms with Gasteiger partial charge in [0.1, 0.15) is 0 Å². The number of hydrogen-bond donors (Lipinski definition) is 2. The smallest absolute Gasteiger partial charge is 0.318 e. The van der Waals surface area contributed by atoms with Gasteiger partial charge < -0.3 is 20.1 Å². The number of carbonyl (C=O) groups excluding carboxylic acids is 1. The first-order chi connectivity index (χ1) is 9.15. The van der Waals surface area contributed by atoms with E-state index in [-0.39, 0.29) is 12.6 Å². The van der Waals surface area contributed by atoms with Crippen LogP contribution in [0.5, 0.6) is 0 Å². The van der Waals surface area contributed by atoms with Crippen LogP contribution in [-0.4, -0.2) is 33.1 Å². The van der Waals surface area contributed by atoms with Crippen LogP contribution in [0.25, 0.3) is 6.08 Å². The van der Waals surface area contributed by atoms with Crippen LogP contribution in [0.1, 0.15) is 5.56 Å². The van der Waals surface area contributed by atoms with E-state index in [0.29, 0.717) is 0 Å². The summed E-state index contributed by atoms with van der Waals surface area (Å²) in [5.74, 6) is 0. The van der Waals surface area contributed by atoms with Crippen LogP contribution in [-0.2, 0) is 9.47 Å². The van der Waals surface area contributed by atoms with Gasteiger partial charge in [0, 0.05) is 24.9 Å². The topological polar surface area (TPSA) is 59.6 Å². The van der Waals surface area contributed by atoms with Crippen LogP contribution in [0.3, 0.4) is 0 Å². The van der Waals surface area contributed by atoms with Gasteiger partial charge >= 0.3 is 6.03 Å². The first kappa shape index (κ1) is 15.7. The zero-order valence-corrected chi connectivity index (χ0v) is 12.4. The fraction of sp³-hybridized carbons (Fsp3) is 0.308. The summed E-state index contributed by atoms with van der Waals surface area (Å²) in [6.45, 7) is 0.283. The molecule has 6 heteroatoms. The van der Waals surface area contributed by atoms with Crippen LogP contribution in [0.2, 0.25) is 0 Å². The summed E-state index contributed by atoms with van der Waals surface area (Å²) >= 11 is 3.36. The minimum absolute atomic E-state index is 0.283. The number of ether oxygens (including phenoxy) is 2. The molecule has 0 heterocycles. The molecule has 0 aliphatic rings. The minimum atomic E-state index is -0.443. The van der Waals surface area contributed by atoms with Gasteiger partial charge in [-0.25, -0.2) is 4.79 Å². The van der Waals surface area contributed by atoms with Crippen molar-refractivity contribution in [1.29, 1.82) is 0 Å². The Balaban J connectivity index is 2.31. The quantitative estimate of drug-likeness (QED) is 0.788. The van der Waals surface area contributed by atoms with Crippen LogP contribution >= 0.6 is 15.9 Å². The van der Waals surface area contributed by atoms with Gasteiger partial charge in [0.2, 0.25) is 0 Å².